The molecule has 6 nitrogen and oxygen atoms in total. The molecule has 2 aromatic carbocycles. The summed E-state index contributed by atoms with van der Waals surface area (Å²) in [5.41, 5.74) is 2.09. The summed E-state index contributed by atoms with van der Waals surface area (Å²) in [7, 11) is -1.44. The maximum absolute atomic E-state index is 11.5. The Bertz CT molecular complexity index is 907. The van der Waals surface area contributed by atoms with E-state index in [-0.39, 0.29) is 0 Å². The van der Waals surface area contributed by atoms with E-state index in [0.29, 0.717) is 30.6 Å². The Morgan fingerprint density at radius 2 is 1.86 bits per heavy atom. The van der Waals surface area contributed by atoms with Crippen LogP contribution in [0.2, 0.25) is 0 Å². The van der Waals surface area contributed by atoms with Crippen molar-refractivity contribution in [1.29, 1.82) is 0 Å². The highest BCUT2D eigenvalue weighted by atomic mass is 32.2. The minimum atomic E-state index is -3.16. The van der Waals surface area contributed by atoms with Crippen LogP contribution >= 0.6 is 0 Å². The largest absolute Gasteiger partial charge is 0.489 e. The first-order valence-electron chi connectivity index (χ1n) is 8.99. The summed E-state index contributed by atoms with van der Waals surface area (Å²) in [6, 6.07) is 14.8. The summed E-state index contributed by atoms with van der Waals surface area (Å²) in [5, 5.41) is 6.53. The van der Waals surface area contributed by atoms with Gasteiger partial charge in [0.15, 0.2) is 15.8 Å². The zero-order valence-electron chi connectivity index (χ0n) is 16.3. The van der Waals surface area contributed by atoms with Crippen LogP contribution in [0, 0.1) is 0 Å². The average Bonchev–Trinajstić information content (AvgIpc) is 2.69. The van der Waals surface area contributed by atoms with Gasteiger partial charge in [-0.1, -0.05) is 43.0 Å². The van der Waals surface area contributed by atoms with Crippen molar-refractivity contribution >= 4 is 15.8 Å². The monoisotopic (exact) mass is 401 g/mol. The maximum atomic E-state index is 11.5. The van der Waals surface area contributed by atoms with Crippen molar-refractivity contribution in [3.63, 3.8) is 0 Å². The van der Waals surface area contributed by atoms with Crippen molar-refractivity contribution in [3.05, 3.63) is 72.3 Å². The van der Waals surface area contributed by atoms with E-state index in [2.05, 4.69) is 22.2 Å². The Balaban J connectivity index is 1.84. The predicted octanol–water partition coefficient (Wildman–Crippen LogP) is 2.56. The fraction of sp³-hybridized carbons (Fsp3) is 0.286. The molecule has 0 saturated heterocycles. The summed E-state index contributed by atoms with van der Waals surface area (Å²) in [6.07, 6.45) is 3.68. The van der Waals surface area contributed by atoms with E-state index in [1.165, 1.54) is 6.26 Å². The summed E-state index contributed by atoms with van der Waals surface area (Å²) in [5.74, 6) is 1.50. The number of nitrogens with one attached hydrogen (secondary N) is 2. The first kappa shape index (κ1) is 21.5. The highest BCUT2D eigenvalue weighted by Gasteiger charge is 2.07. The highest BCUT2D eigenvalue weighted by Crippen LogP contribution is 2.17. The second-order valence-corrected chi connectivity index (χ2v) is 8.24. The van der Waals surface area contributed by atoms with Crippen LogP contribution in [0.1, 0.15) is 11.1 Å². The number of benzene rings is 2. The third kappa shape index (κ3) is 6.74. The molecular weight excluding hydrogens is 374 g/mol. The van der Waals surface area contributed by atoms with Gasteiger partial charge in [-0.2, -0.15) is 0 Å². The van der Waals surface area contributed by atoms with Crippen LogP contribution < -0.4 is 15.4 Å². The van der Waals surface area contributed by atoms with Crippen LogP contribution in [0.25, 0.3) is 0 Å². The van der Waals surface area contributed by atoms with Gasteiger partial charge in [-0.3, -0.25) is 4.99 Å². The average molecular weight is 402 g/mol. The zero-order chi connectivity index (χ0) is 20.4. The number of para-hydroxylation sites is 1. The number of guanidine groups is 1. The Hall–Kier alpha value is -2.80. The highest BCUT2D eigenvalue weighted by molar-refractivity contribution is 7.90. The van der Waals surface area contributed by atoms with Gasteiger partial charge in [-0.25, -0.2) is 8.42 Å². The van der Waals surface area contributed by atoms with Crippen LogP contribution in [0.3, 0.4) is 0 Å². The molecule has 0 aliphatic carbocycles. The summed E-state index contributed by atoms with van der Waals surface area (Å²) in [4.78, 5) is 4.56. The van der Waals surface area contributed by atoms with E-state index in [0.717, 1.165) is 23.3 Å². The first-order valence-corrected chi connectivity index (χ1v) is 10.9. The van der Waals surface area contributed by atoms with Crippen molar-refractivity contribution in [2.75, 3.05) is 26.5 Å². The minimum Gasteiger partial charge on any atom is -0.489 e. The smallest absolute Gasteiger partial charge is 0.191 e. The number of hydrogen-bond acceptors (Lipinski definition) is 4. The van der Waals surface area contributed by atoms with Gasteiger partial charge in [0, 0.05) is 32.0 Å². The van der Waals surface area contributed by atoms with E-state index in [1.54, 1.807) is 25.3 Å². The van der Waals surface area contributed by atoms with Gasteiger partial charge < -0.3 is 15.4 Å². The molecule has 2 rings (SSSR count). The summed E-state index contributed by atoms with van der Waals surface area (Å²) >= 11 is 0. The fourth-order valence-electron chi connectivity index (χ4n) is 2.57. The molecule has 0 atom stereocenters. The lowest BCUT2D eigenvalue weighted by Crippen LogP contribution is -2.37. The second kappa shape index (κ2) is 10.5. The Labute approximate surface area is 167 Å². The first-order chi connectivity index (χ1) is 13.4. The Kier molecular flexibility index (Phi) is 8.07. The van der Waals surface area contributed by atoms with Crippen LogP contribution in [0.4, 0.5) is 0 Å². The normalized spacial score (nSPS) is 11.7. The number of nitrogens with zero attached hydrogens (tertiary/aromatic N) is 1. The molecule has 0 aliphatic rings. The van der Waals surface area contributed by atoms with E-state index in [4.69, 9.17) is 4.74 Å². The number of hydrogen-bond donors (Lipinski definition) is 2. The van der Waals surface area contributed by atoms with E-state index in [9.17, 15) is 8.42 Å². The molecule has 0 spiro atoms. The van der Waals surface area contributed by atoms with Gasteiger partial charge in [-0.05, 0) is 30.2 Å². The molecule has 2 aromatic rings. The minimum absolute atomic E-state index is 0.332. The van der Waals surface area contributed by atoms with E-state index in [1.807, 2.05) is 36.4 Å². The number of aliphatic imine (C=N–C) groups is 1. The molecule has 0 fully saturated rings. The van der Waals surface area contributed by atoms with Crippen molar-refractivity contribution in [3.8, 4) is 5.75 Å². The third-order valence-electron chi connectivity index (χ3n) is 4.06. The molecular formula is C21H27N3O3S. The predicted molar refractivity (Wildman–Crippen MR) is 114 cm³/mol. The molecule has 0 amide bonds. The third-order valence-corrected chi connectivity index (χ3v) is 5.19. The van der Waals surface area contributed by atoms with E-state index >= 15 is 0 Å². The lowest BCUT2D eigenvalue weighted by molar-refractivity contribution is 0.358. The van der Waals surface area contributed by atoms with Crippen molar-refractivity contribution < 1.29 is 13.2 Å². The van der Waals surface area contributed by atoms with Crippen LogP contribution in [-0.4, -0.2) is 40.8 Å². The fourth-order valence-corrected chi connectivity index (χ4v) is 3.20. The van der Waals surface area contributed by atoms with Crippen molar-refractivity contribution in [1.82, 2.24) is 10.6 Å². The molecule has 7 heteroatoms. The molecule has 0 saturated carbocycles. The molecule has 28 heavy (non-hydrogen) atoms. The SMILES string of the molecule is C=CCOc1ccccc1CNC(=NC)NCCc1ccc(S(C)(=O)=O)cc1. The van der Waals surface area contributed by atoms with Gasteiger partial charge in [0.05, 0.1) is 4.90 Å². The molecule has 2 N–H and O–H groups in total. The maximum Gasteiger partial charge on any atom is 0.191 e. The molecule has 0 aliphatic heterocycles. The lowest BCUT2D eigenvalue weighted by atomic mass is 10.1. The quantitative estimate of drug-likeness (QED) is 0.384. The van der Waals surface area contributed by atoms with Crippen LogP contribution in [0.5, 0.6) is 5.75 Å². The standard InChI is InChI=1S/C21H27N3O3S/c1-4-15-27-20-8-6-5-7-18(20)16-24-21(22-2)23-14-13-17-9-11-19(12-10-17)28(3,25)26/h4-12H,1,13-16H2,2-3H3,(H2,22,23,24). The molecule has 150 valence electrons. The van der Waals surface area contributed by atoms with Gasteiger partial charge in [0.1, 0.15) is 12.4 Å². The lowest BCUT2D eigenvalue weighted by Gasteiger charge is -2.14. The number of ether oxygens (including phenoxy) is 1. The summed E-state index contributed by atoms with van der Waals surface area (Å²) in [6.45, 7) is 5.38. The van der Waals surface area contributed by atoms with Crippen LogP contribution in [-0.2, 0) is 22.8 Å². The molecule has 0 aromatic heterocycles. The van der Waals surface area contributed by atoms with Crippen molar-refractivity contribution in [2.24, 2.45) is 4.99 Å². The summed E-state index contributed by atoms with van der Waals surface area (Å²) < 4.78 is 28.7. The zero-order valence-corrected chi connectivity index (χ0v) is 17.1. The topological polar surface area (TPSA) is 79.8 Å². The Morgan fingerprint density at radius 3 is 2.50 bits per heavy atom. The van der Waals surface area contributed by atoms with Crippen molar-refractivity contribution in [2.45, 2.75) is 17.9 Å². The van der Waals surface area contributed by atoms with Gasteiger partial charge in [0.25, 0.3) is 0 Å². The molecule has 0 radical (unpaired) electrons. The van der Waals surface area contributed by atoms with Gasteiger partial charge in [-0.15, -0.1) is 0 Å². The molecule has 0 bridgehead atoms. The number of sulfone groups is 1. The number of rotatable bonds is 9. The van der Waals surface area contributed by atoms with Gasteiger partial charge >= 0.3 is 0 Å². The molecule has 0 heterocycles. The van der Waals surface area contributed by atoms with E-state index < -0.39 is 9.84 Å². The Morgan fingerprint density at radius 1 is 1.14 bits per heavy atom. The second-order valence-electron chi connectivity index (χ2n) is 6.23. The van der Waals surface area contributed by atoms with Gasteiger partial charge in [0.2, 0.25) is 0 Å². The van der Waals surface area contributed by atoms with Crippen LogP contribution in [0.15, 0.2) is 71.1 Å². The molecule has 0 unspecified atom stereocenters.